The van der Waals surface area contributed by atoms with Crippen molar-refractivity contribution in [2.75, 3.05) is 6.54 Å². The molecular weight excluding hydrogens is 538 g/mol. The lowest BCUT2D eigenvalue weighted by Gasteiger charge is -2.34. The number of nitrogens with zero attached hydrogens (tertiary/aromatic N) is 1. The van der Waals surface area contributed by atoms with Crippen molar-refractivity contribution in [1.82, 2.24) is 15.5 Å². The zero-order chi connectivity index (χ0) is 31.7. The highest BCUT2D eigenvalue weighted by molar-refractivity contribution is 5.94. The van der Waals surface area contributed by atoms with Crippen LogP contribution in [0, 0.1) is 0 Å². The van der Waals surface area contributed by atoms with Gasteiger partial charge in [0, 0.05) is 18.5 Å². The van der Waals surface area contributed by atoms with Crippen LogP contribution in [-0.4, -0.2) is 63.7 Å². The summed E-state index contributed by atoms with van der Waals surface area (Å²) in [6.07, 6.45) is 0.743. The van der Waals surface area contributed by atoms with E-state index in [-0.39, 0.29) is 24.3 Å². The number of hydrogen-bond donors (Lipinski definition) is 3. The normalized spacial score (nSPS) is 13.6. The summed E-state index contributed by atoms with van der Waals surface area (Å²) in [4.78, 5) is 54.6. The molecule has 2 aromatic carbocycles. The topological polar surface area (TPSA) is 134 Å². The number of esters is 1. The van der Waals surface area contributed by atoms with Gasteiger partial charge in [-0.3, -0.25) is 9.59 Å². The van der Waals surface area contributed by atoms with Crippen molar-refractivity contribution in [2.24, 2.45) is 0 Å². The van der Waals surface area contributed by atoms with E-state index in [9.17, 15) is 24.3 Å². The summed E-state index contributed by atoms with van der Waals surface area (Å²) in [6, 6.07) is 11.6. The number of ether oxygens (including phenoxy) is 2. The molecule has 10 nitrogen and oxygen atoms in total. The smallest absolute Gasteiger partial charge is 0.408 e. The molecule has 0 spiro atoms. The molecule has 3 atom stereocenters. The SMILES string of the molecule is C=CCN(C(=O)C(C)NC(=O)OC(C)(C)C)C(C(=O)NC(Cc1ccccc1)C(=O)OC(C)(C)C)c1ccccc1O. The van der Waals surface area contributed by atoms with Crippen LogP contribution in [0.5, 0.6) is 5.75 Å². The fourth-order valence-corrected chi connectivity index (χ4v) is 4.09. The van der Waals surface area contributed by atoms with Crippen LogP contribution in [0.1, 0.15) is 65.6 Å². The summed E-state index contributed by atoms with van der Waals surface area (Å²) in [5.74, 6) is -2.26. The second-order valence-corrected chi connectivity index (χ2v) is 11.9. The number of nitrogens with one attached hydrogen (secondary N) is 2. The van der Waals surface area contributed by atoms with Crippen LogP contribution < -0.4 is 10.6 Å². The van der Waals surface area contributed by atoms with Gasteiger partial charge in [-0.25, -0.2) is 9.59 Å². The first-order chi connectivity index (χ1) is 19.5. The van der Waals surface area contributed by atoms with Crippen molar-refractivity contribution >= 4 is 23.9 Å². The van der Waals surface area contributed by atoms with Crippen molar-refractivity contribution in [3.63, 3.8) is 0 Å². The Labute approximate surface area is 248 Å². The molecule has 0 radical (unpaired) electrons. The molecule has 228 valence electrons. The number of phenols is 1. The number of hydrogen-bond acceptors (Lipinski definition) is 7. The van der Waals surface area contributed by atoms with Crippen molar-refractivity contribution in [3.05, 3.63) is 78.4 Å². The molecule has 0 fully saturated rings. The first-order valence-electron chi connectivity index (χ1n) is 13.8. The average molecular weight is 582 g/mol. The maximum absolute atomic E-state index is 14.0. The van der Waals surface area contributed by atoms with E-state index in [1.807, 2.05) is 30.3 Å². The number of carbonyl (C=O) groups is 4. The molecular formula is C32H43N3O7. The molecule has 0 heterocycles. The monoisotopic (exact) mass is 581 g/mol. The number of aromatic hydroxyl groups is 1. The van der Waals surface area contributed by atoms with Gasteiger partial charge in [0.2, 0.25) is 11.8 Å². The molecule has 0 aromatic heterocycles. The van der Waals surface area contributed by atoms with Crippen molar-refractivity contribution in [3.8, 4) is 5.75 Å². The zero-order valence-corrected chi connectivity index (χ0v) is 25.5. The summed E-state index contributed by atoms with van der Waals surface area (Å²) < 4.78 is 10.9. The largest absolute Gasteiger partial charge is 0.508 e. The fourth-order valence-electron chi connectivity index (χ4n) is 4.09. The Hall–Kier alpha value is -4.34. The summed E-state index contributed by atoms with van der Waals surface area (Å²) in [5, 5.41) is 16.0. The van der Waals surface area contributed by atoms with Gasteiger partial charge in [0.15, 0.2) is 0 Å². The summed E-state index contributed by atoms with van der Waals surface area (Å²) in [7, 11) is 0. The van der Waals surface area contributed by atoms with Crippen LogP contribution in [0.25, 0.3) is 0 Å². The zero-order valence-electron chi connectivity index (χ0n) is 25.5. The molecule has 3 unspecified atom stereocenters. The molecule has 2 rings (SSSR count). The molecule has 0 aliphatic carbocycles. The second kappa shape index (κ2) is 14.5. The second-order valence-electron chi connectivity index (χ2n) is 11.9. The van der Waals surface area contributed by atoms with Gasteiger partial charge in [-0.2, -0.15) is 0 Å². The number of benzene rings is 2. The Morgan fingerprint density at radius 1 is 0.905 bits per heavy atom. The van der Waals surface area contributed by atoms with Gasteiger partial charge in [-0.05, 0) is 60.1 Å². The molecule has 0 saturated carbocycles. The molecule has 0 saturated heterocycles. The van der Waals surface area contributed by atoms with Gasteiger partial charge in [-0.1, -0.05) is 54.6 Å². The van der Waals surface area contributed by atoms with Crippen molar-refractivity contribution in [2.45, 2.75) is 84.2 Å². The van der Waals surface area contributed by atoms with Gasteiger partial charge < -0.3 is 30.1 Å². The molecule has 0 bridgehead atoms. The minimum Gasteiger partial charge on any atom is -0.508 e. The third-order valence-corrected chi connectivity index (χ3v) is 5.79. The number of rotatable bonds is 11. The van der Waals surface area contributed by atoms with Crippen LogP contribution in [-0.2, 0) is 30.3 Å². The van der Waals surface area contributed by atoms with Gasteiger partial charge >= 0.3 is 12.1 Å². The molecule has 42 heavy (non-hydrogen) atoms. The van der Waals surface area contributed by atoms with E-state index in [1.165, 1.54) is 30.0 Å². The standard InChI is InChI=1S/C32H43N3O7/c1-9-19-35(28(38)21(2)33-30(40)42-32(6,7)8)26(23-17-13-14-18-25(23)36)27(37)34-24(29(39)41-31(3,4)5)20-22-15-11-10-12-16-22/h9-18,21,24,26,36H,1,19-20H2,2-8H3,(H,33,40)(H,34,37). The minimum absolute atomic E-state index is 0.110. The number of phenolic OH excluding ortho intramolecular Hbond substituents is 1. The number of amides is 3. The fraction of sp³-hybridized carbons (Fsp3) is 0.438. The number of alkyl carbamates (subject to hydrolysis) is 1. The maximum atomic E-state index is 14.0. The van der Waals surface area contributed by atoms with Crippen molar-refractivity contribution in [1.29, 1.82) is 0 Å². The third kappa shape index (κ3) is 10.6. The van der Waals surface area contributed by atoms with Gasteiger partial charge in [0.1, 0.15) is 35.1 Å². The Morgan fingerprint density at radius 3 is 2.02 bits per heavy atom. The van der Waals surface area contributed by atoms with Gasteiger partial charge in [0.25, 0.3) is 0 Å². The van der Waals surface area contributed by atoms with E-state index in [2.05, 4.69) is 17.2 Å². The van der Waals surface area contributed by atoms with Crippen LogP contribution in [0.3, 0.4) is 0 Å². The highest BCUT2D eigenvalue weighted by Crippen LogP contribution is 2.30. The van der Waals surface area contributed by atoms with Crippen molar-refractivity contribution < 1.29 is 33.8 Å². The molecule has 0 aliphatic heterocycles. The van der Waals surface area contributed by atoms with Gasteiger partial charge in [0.05, 0.1) is 0 Å². The Morgan fingerprint density at radius 2 is 1.48 bits per heavy atom. The molecule has 3 amide bonds. The lowest BCUT2D eigenvalue weighted by atomic mass is 10.00. The molecule has 2 aromatic rings. The molecule has 3 N–H and O–H groups in total. The van der Waals surface area contributed by atoms with Crippen LogP contribution in [0.4, 0.5) is 4.79 Å². The van der Waals surface area contributed by atoms with E-state index in [4.69, 9.17) is 9.47 Å². The lowest BCUT2D eigenvalue weighted by molar-refractivity contribution is -0.159. The minimum atomic E-state index is -1.39. The lowest BCUT2D eigenvalue weighted by Crippen LogP contribution is -2.54. The van der Waals surface area contributed by atoms with Gasteiger partial charge in [-0.15, -0.1) is 6.58 Å². The first-order valence-corrected chi connectivity index (χ1v) is 13.8. The highest BCUT2D eigenvalue weighted by Gasteiger charge is 2.38. The molecule has 10 heteroatoms. The van der Waals surface area contributed by atoms with E-state index in [0.717, 1.165) is 5.56 Å². The van der Waals surface area contributed by atoms with E-state index >= 15 is 0 Å². The number of carbonyl (C=O) groups excluding carboxylic acids is 4. The van der Waals surface area contributed by atoms with Crippen LogP contribution >= 0.6 is 0 Å². The van der Waals surface area contributed by atoms with Crippen LogP contribution in [0.2, 0.25) is 0 Å². The predicted molar refractivity (Wildman–Crippen MR) is 160 cm³/mol. The van der Waals surface area contributed by atoms with E-state index < -0.39 is 53.2 Å². The molecule has 0 aliphatic rings. The summed E-state index contributed by atoms with van der Waals surface area (Å²) >= 11 is 0. The third-order valence-electron chi connectivity index (χ3n) is 5.79. The highest BCUT2D eigenvalue weighted by atomic mass is 16.6. The summed E-state index contributed by atoms with van der Waals surface area (Å²) in [6.45, 7) is 15.3. The Bertz CT molecular complexity index is 1250. The predicted octanol–water partition coefficient (Wildman–Crippen LogP) is 4.43. The quantitative estimate of drug-likeness (QED) is 0.264. The Balaban J connectivity index is 2.49. The number of para-hydroxylation sites is 1. The first kappa shape index (κ1) is 33.9. The Kier molecular flexibility index (Phi) is 11.7. The van der Waals surface area contributed by atoms with E-state index in [1.54, 1.807) is 53.7 Å². The average Bonchev–Trinajstić information content (AvgIpc) is 2.87. The summed E-state index contributed by atoms with van der Waals surface area (Å²) in [5.41, 5.74) is -0.706. The maximum Gasteiger partial charge on any atom is 0.408 e. The van der Waals surface area contributed by atoms with E-state index in [0.29, 0.717) is 0 Å². The van der Waals surface area contributed by atoms with Crippen LogP contribution in [0.15, 0.2) is 67.3 Å².